The standard InChI is InChI=1S/C15H28FNO/c1-15(16,11-14-12-18-10-9-17-14)8-7-13-5-3-2-4-6-13/h13-14,17H,2-12H2,1H3. The van der Waals surface area contributed by atoms with E-state index in [9.17, 15) is 4.39 Å². The maximum absolute atomic E-state index is 14.5. The Morgan fingerprint density at radius 2 is 2.06 bits per heavy atom. The monoisotopic (exact) mass is 257 g/mol. The van der Waals surface area contributed by atoms with E-state index in [0.29, 0.717) is 13.0 Å². The Hall–Kier alpha value is -0.150. The lowest BCUT2D eigenvalue weighted by Crippen LogP contribution is -2.44. The zero-order valence-electron chi connectivity index (χ0n) is 11.7. The van der Waals surface area contributed by atoms with Crippen molar-refractivity contribution in [2.24, 2.45) is 5.92 Å². The lowest BCUT2D eigenvalue weighted by Gasteiger charge is -2.31. The van der Waals surface area contributed by atoms with Crippen LogP contribution in [0, 0.1) is 5.92 Å². The first-order valence-corrected chi connectivity index (χ1v) is 7.66. The maximum atomic E-state index is 14.5. The molecule has 1 N–H and O–H groups in total. The first-order chi connectivity index (χ1) is 8.66. The molecule has 1 aliphatic carbocycles. The van der Waals surface area contributed by atoms with Crippen molar-refractivity contribution in [3.63, 3.8) is 0 Å². The number of alkyl halides is 1. The summed E-state index contributed by atoms with van der Waals surface area (Å²) in [6.45, 7) is 4.07. The van der Waals surface area contributed by atoms with E-state index in [1.54, 1.807) is 6.92 Å². The van der Waals surface area contributed by atoms with E-state index < -0.39 is 5.67 Å². The number of morpholine rings is 1. The van der Waals surface area contributed by atoms with Crippen LogP contribution in [0.3, 0.4) is 0 Å². The van der Waals surface area contributed by atoms with Crippen molar-refractivity contribution in [1.29, 1.82) is 0 Å². The van der Waals surface area contributed by atoms with Crippen molar-refractivity contribution >= 4 is 0 Å². The molecule has 3 heteroatoms. The first kappa shape index (κ1) is 14.3. The zero-order chi connectivity index (χ0) is 12.8. The molecular formula is C15H28FNO. The van der Waals surface area contributed by atoms with Crippen LogP contribution in [0.25, 0.3) is 0 Å². The van der Waals surface area contributed by atoms with Crippen molar-refractivity contribution < 1.29 is 9.13 Å². The molecule has 18 heavy (non-hydrogen) atoms. The number of rotatable bonds is 5. The number of nitrogens with one attached hydrogen (secondary N) is 1. The van der Waals surface area contributed by atoms with Gasteiger partial charge in [0.25, 0.3) is 0 Å². The minimum Gasteiger partial charge on any atom is -0.379 e. The Balaban J connectivity index is 1.68. The van der Waals surface area contributed by atoms with Crippen LogP contribution < -0.4 is 5.32 Å². The van der Waals surface area contributed by atoms with Crippen molar-refractivity contribution in [3.05, 3.63) is 0 Å². The molecule has 1 aliphatic heterocycles. The van der Waals surface area contributed by atoms with Gasteiger partial charge in [0, 0.05) is 12.6 Å². The highest BCUT2D eigenvalue weighted by atomic mass is 19.1. The number of ether oxygens (including phenoxy) is 1. The number of halogens is 1. The summed E-state index contributed by atoms with van der Waals surface area (Å²) in [5.74, 6) is 0.782. The van der Waals surface area contributed by atoms with Crippen LogP contribution in [0.2, 0.25) is 0 Å². The molecule has 0 aromatic rings. The molecule has 0 amide bonds. The molecule has 0 bridgehead atoms. The normalized spacial score (nSPS) is 30.0. The second kappa shape index (κ2) is 6.85. The van der Waals surface area contributed by atoms with Gasteiger partial charge in [0.15, 0.2) is 0 Å². The molecule has 1 saturated carbocycles. The SMILES string of the molecule is CC(F)(CCC1CCCCC1)CC1COCCN1. The highest BCUT2D eigenvalue weighted by molar-refractivity contribution is 4.83. The van der Waals surface area contributed by atoms with Crippen LogP contribution in [0.15, 0.2) is 0 Å². The molecule has 0 radical (unpaired) electrons. The molecule has 2 fully saturated rings. The topological polar surface area (TPSA) is 21.3 Å². The van der Waals surface area contributed by atoms with Gasteiger partial charge in [-0.1, -0.05) is 32.1 Å². The molecule has 2 rings (SSSR count). The fourth-order valence-electron chi connectivity index (χ4n) is 3.35. The summed E-state index contributed by atoms with van der Waals surface area (Å²) < 4.78 is 19.9. The third-order valence-electron chi connectivity index (χ3n) is 4.47. The molecule has 0 spiro atoms. The van der Waals surface area contributed by atoms with Gasteiger partial charge in [-0.3, -0.25) is 0 Å². The molecular weight excluding hydrogens is 229 g/mol. The third kappa shape index (κ3) is 4.85. The quantitative estimate of drug-likeness (QED) is 0.814. The summed E-state index contributed by atoms with van der Waals surface area (Å²) in [6, 6.07) is 0.208. The second-order valence-electron chi connectivity index (χ2n) is 6.39. The summed E-state index contributed by atoms with van der Waals surface area (Å²) in [5.41, 5.74) is -1.03. The zero-order valence-corrected chi connectivity index (χ0v) is 11.7. The van der Waals surface area contributed by atoms with Gasteiger partial charge in [-0.15, -0.1) is 0 Å². The van der Waals surface area contributed by atoms with E-state index in [1.165, 1.54) is 32.1 Å². The van der Waals surface area contributed by atoms with Gasteiger partial charge in [-0.05, 0) is 32.1 Å². The lowest BCUT2D eigenvalue weighted by molar-refractivity contribution is 0.0433. The molecule has 1 saturated heterocycles. The summed E-state index contributed by atoms with van der Waals surface area (Å²) >= 11 is 0. The Kier molecular flexibility index (Phi) is 5.43. The van der Waals surface area contributed by atoms with Gasteiger partial charge in [0.1, 0.15) is 5.67 Å². The third-order valence-corrected chi connectivity index (χ3v) is 4.47. The fourth-order valence-corrected chi connectivity index (χ4v) is 3.35. The average Bonchev–Trinajstić information content (AvgIpc) is 2.38. The average molecular weight is 257 g/mol. The predicted molar refractivity (Wildman–Crippen MR) is 72.5 cm³/mol. The highest BCUT2D eigenvalue weighted by Crippen LogP contribution is 2.32. The van der Waals surface area contributed by atoms with Crippen LogP contribution in [0.5, 0.6) is 0 Å². The van der Waals surface area contributed by atoms with Gasteiger partial charge in [0.05, 0.1) is 13.2 Å². The minimum atomic E-state index is -1.03. The summed E-state index contributed by atoms with van der Waals surface area (Å²) in [6.07, 6.45) is 9.11. The Labute approximate surface area is 111 Å². The minimum absolute atomic E-state index is 0.208. The van der Waals surface area contributed by atoms with Gasteiger partial charge in [-0.2, -0.15) is 0 Å². The van der Waals surface area contributed by atoms with E-state index >= 15 is 0 Å². The van der Waals surface area contributed by atoms with Crippen molar-refractivity contribution in [2.75, 3.05) is 19.8 Å². The molecule has 0 aromatic carbocycles. The molecule has 2 aliphatic rings. The molecule has 1 heterocycles. The number of hydrogen-bond acceptors (Lipinski definition) is 2. The lowest BCUT2D eigenvalue weighted by atomic mass is 9.82. The summed E-state index contributed by atoms with van der Waals surface area (Å²) in [5, 5.41) is 3.35. The number of hydrogen-bond donors (Lipinski definition) is 1. The molecule has 0 aromatic heterocycles. The fraction of sp³-hybridized carbons (Fsp3) is 1.00. The van der Waals surface area contributed by atoms with Crippen LogP contribution >= 0.6 is 0 Å². The van der Waals surface area contributed by atoms with Gasteiger partial charge in [0.2, 0.25) is 0 Å². The van der Waals surface area contributed by atoms with E-state index in [1.807, 2.05) is 0 Å². The van der Waals surface area contributed by atoms with Crippen LogP contribution in [-0.4, -0.2) is 31.5 Å². The van der Waals surface area contributed by atoms with Gasteiger partial charge >= 0.3 is 0 Å². The molecule has 2 atom stereocenters. The Morgan fingerprint density at radius 3 is 2.72 bits per heavy atom. The Bertz CT molecular complexity index is 233. The highest BCUT2D eigenvalue weighted by Gasteiger charge is 2.29. The predicted octanol–water partition coefficient (Wildman–Crippen LogP) is 3.45. The second-order valence-corrected chi connectivity index (χ2v) is 6.39. The van der Waals surface area contributed by atoms with E-state index in [2.05, 4.69) is 5.32 Å². The molecule has 2 unspecified atom stereocenters. The van der Waals surface area contributed by atoms with Gasteiger partial charge in [-0.25, -0.2) is 4.39 Å². The smallest absolute Gasteiger partial charge is 0.109 e. The van der Waals surface area contributed by atoms with Crippen molar-refractivity contribution in [2.45, 2.75) is 70.0 Å². The van der Waals surface area contributed by atoms with Crippen LogP contribution in [0.4, 0.5) is 4.39 Å². The first-order valence-electron chi connectivity index (χ1n) is 7.66. The molecule has 2 nitrogen and oxygen atoms in total. The largest absolute Gasteiger partial charge is 0.379 e. The Morgan fingerprint density at radius 1 is 1.28 bits per heavy atom. The van der Waals surface area contributed by atoms with Gasteiger partial charge < -0.3 is 10.1 Å². The molecule has 106 valence electrons. The maximum Gasteiger partial charge on any atom is 0.109 e. The van der Waals surface area contributed by atoms with E-state index in [0.717, 1.165) is 31.9 Å². The van der Waals surface area contributed by atoms with Crippen molar-refractivity contribution in [3.8, 4) is 0 Å². The van der Waals surface area contributed by atoms with Crippen molar-refractivity contribution in [1.82, 2.24) is 5.32 Å². The van der Waals surface area contributed by atoms with E-state index in [-0.39, 0.29) is 6.04 Å². The van der Waals surface area contributed by atoms with Crippen LogP contribution in [-0.2, 0) is 4.74 Å². The van der Waals surface area contributed by atoms with Crippen LogP contribution in [0.1, 0.15) is 58.3 Å². The summed E-state index contributed by atoms with van der Waals surface area (Å²) in [4.78, 5) is 0. The van der Waals surface area contributed by atoms with E-state index in [4.69, 9.17) is 4.74 Å². The summed E-state index contributed by atoms with van der Waals surface area (Å²) in [7, 11) is 0.